The van der Waals surface area contributed by atoms with Crippen LogP contribution in [-0.4, -0.2) is 39.3 Å². The molecule has 0 spiro atoms. The lowest BCUT2D eigenvalue weighted by Crippen LogP contribution is -2.30. The van der Waals surface area contributed by atoms with Gasteiger partial charge in [0.2, 0.25) is 9.84 Å². The smallest absolute Gasteiger partial charge is 0.341 e. The molecule has 2 amide bonds. The van der Waals surface area contributed by atoms with Crippen LogP contribution in [0.25, 0.3) is 0 Å². The van der Waals surface area contributed by atoms with Crippen molar-refractivity contribution in [3.63, 3.8) is 0 Å². The van der Waals surface area contributed by atoms with Crippen LogP contribution in [0, 0.1) is 0 Å². The van der Waals surface area contributed by atoms with Crippen LogP contribution in [0.2, 0.25) is 0 Å². The van der Waals surface area contributed by atoms with Crippen molar-refractivity contribution in [1.82, 2.24) is 4.90 Å². The van der Waals surface area contributed by atoms with Gasteiger partial charge in [0.15, 0.2) is 0 Å². The second kappa shape index (κ2) is 8.13. The van der Waals surface area contributed by atoms with Crippen molar-refractivity contribution in [3.05, 3.63) is 54.1 Å². The molecule has 26 heavy (non-hydrogen) atoms. The van der Waals surface area contributed by atoms with Crippen LogP contribution in [0.5, 0.6) is 5.75 Å². The molecule has 0 heterocycles. The lowest BCUT2D eigenvalue weighted by Gasteiger charge is -2.18. The second-order valence-corrected chi connectivity index (χ2v) is 7.38. The van der Waals surface area contributed by atoms with Crippen LogP contribution in [-0.2, 0) is 16.4 Å². The number of nitrogens with zero attached hydrogens (tertiary/aromatic N) is 1. The van der Waals surface area contributed by atoms with Gasteiger partial charge < -0.3 is 15.0 Å². The molecule has 9 heteroatoms. The van der Waals surface area contributed by atoms with Gasteiger partial charge in [-0.15, -0.1) is 0 Å². The van der Waals surface area contributed by atoms with Gasteiger partial charge in [-0.1, -0.05) is 12.1 Å². The van der Waals surface area contributed by atoms with E-state index in [9.17, 15) is 22.0 Å². The third kappa shape index (κ3) is 4.69. The van der Waals surface area contributed by atoms with Crippen LogP contribution in [0.15, 0.2) is 53.4 Å². The van der Waals surface area contributed by atoms with Crippen LogP contribution in [0.4, 0.5) is 19.3 Å². The summed E-state index contributed by atoms with van der Waals surface area (Å²) in [6.07, 6.45) is 0. The Morgan fingerprint density at radius 2 is 1.69 bits per heavy atom. The lowest BCUT2D eigenvalue weighted by atomic mass is 10.2. The molecule has 0 bridgehead atoms. The number of carbonyl (C=O) groups is 1. The number of methoxy groups -OCH3 is 1. The van der Waals surface area contributed by atoms with Crippen molar-refractivity contribution in [1.29, 1.82) is 0 Å². The molecular formula is C17H18F2N2O4S. The summed E-state index contributed by atoms with van der Waals surface area (Å²) >= 11 is 0. The largest absolute Gasteiger partial charge is 0.497 e. The van der Waals surface area contributed by atoms with Crippen LogP contribution >= 0.6 is 0 Å². The third-order valence-electron chi connectivity index (χ3n) is 3.59. The first-order chi connectivity index (χ1) is 12.2. The number of hydrogen-bond donors (Lipinski definition) is 1. The maximum absolute atomic E-state index is 12.5. The molecule has 0 radical (unpaired) electrons. The monoisotopic (exact) mass is 384 g/mol. The van der Waals surface area contributed by atoms with Gasteiger partial charge in [-0.05, 0) is 42.0 Å². The van der Waals surface area contributed by atoms with Crippen molar-refractivity contribution in [2.75, 3.05) is 19.5 Å². The van der Waals surface area contributed by atoms with Gasteiger partial charge in [0.05, 0.1) is 12.0 Å². The number of ether oxygens (including phenoxy) is 1. The minimum Gasteiger partial charge on any atom is -0.497 e. The number of anilines is 1. The summed E-state index contributed by atoms with van der Waals surface area (Å²) in [6, 6.07) is 11.4. The molecule has 0 aliphatic heterocycles. The van der Waals surface area contributed by atoms with Crippen molar-refractivity contribution in [2.45, 2.75) is 17.2 Å². The molecule has 0 saturated heterocycles. The van der Waals surface area contributed by atoms with Gasteiger partial charge in [0.1, 0.15) is 5.75 Å². The Kier molecular flexibility index (Phi) is 6.14. The van der Waals surface area contributed by atoms with E-state index in [0.717, 1.165) is 17.7 Å². The molecule has 2 aromatic carbocycles. The van der Waals surface area contributed by atoms with Crippen LogP contribution < -0.4 is 10.1 Å². The lowest BCUT2D eigenvalue weighted by molar-refractivity contribution is 0.220. The Bertz CT molecular complexity index is 853. The molecule has 0 unspecified atom stereocenters. The number of carbonyl (C=O) groups excluding carboxylic acids is 1. The number of sulfone groups is 1. The molecule has 2 rings (SSSR count). The molecule has 140 valence electrons. The fourth-order valence-electron chi connectivity index (χ4n) is 2.13. The Labute approximate surface area is 150 Å². The molecule has 0 fully saturated rings. The first-order valence-electron chi connectivity index (χ1n) is 7.51. The van der Waals surface area contributed by atoms with Crippen molar-refractivity contribution in [2.24, 2.45) is 0 Å². The molecule has 0 atom stereocenters. The molecular weight excluding hydrogens is 366 g/mol. The molecule has 0 aromatic heterocycles. The van der Waals surface area contributed by atoms with E-state index in [0.29, 0.717) is 18.0 Å². The second-order valence-electron chi connectivity index (χ2n) is 5.46. The zero-order valence-electron chi connectivity index (χ0n) is 14.1. The number of halogens is 2. The van der Waals surface area contributed by atoms with E-state index in [1.165, 1.54) is 17.0 Å². The Morgan fingerprint density at radius 1 is 1.12 bits per heavy atom. The van der Waals surface area contributed by atoms with Gasteiger partial charge in [0, 0.05) is 19.3 Å². The number of nitrogens with one attached hydrogen (secondary N) is 1. The van der Waals surface area contributed by atoms with Gasteiger partial charge in [-0.3, -0.25) is 0 Å². The highest BCUT2D eigenvalue weighted by atomic mass is 32.2. The highest BCUT2D eigenvalue weighted by Crippen LogP contribution is 2.20. The quantitative estimate of drug-likeness (QED) is 0.829. The zero-order valence-corrected chi connectivity index (χ0v) is 15.0. The fourth-order valence-corrected chi connectivity index (χ4v) is 2.85. The van der Waals surface area contributed by atoms with Crippen molar-refractivity contribution in [3.8, 4) is 5.75 Å². The summed E-state index contributed by atoms with van der Waals surface area (Å²) < 4.78 is 52.8. The first kappa shape index (κ1) is 19.6. The Hall–Kier alpha value is -2.68. The van der Waals surface area contributed by atoms with Crippen LogP contribution in [0.3, 0.4) is 0 Å². The molecule has 6 nitrogen and oxygen atoms in total. The normalized spacial score (nSPS) is 11.3. The fraction of sp³-hybridized carbons (Fsp3) is 0.235. The van der Waals surface area contributed by atoms with E-state index in [2.05, 4.69) is 5.32 Å². The average Bonchev–Trinajstić information content (AvgIpc) is 2.62. The summed E-state index contributed by atoms with van der Waals surface area (Å²) in [7, 11) is -1.50. The highest BCUT2D eigenvalue weighted by Gasteiger charge is 2.26. The van der Waals surface area contributed by atoms with E-state index < -0.39 is 26.5 Å². The maximum atomic E-state index is 12.5. The summed E-state index contributed by atoms with van der Waals surface area (Å²) in [5.41, 5.74) is 1.19. The standard InChI is InChI=1S/C17H18F2N2O4S/c1-21(11-12-3-7-14(25-2)8-4-12)17(22)20-13-5-9-15(10-6-13)26(23,24)16(18)19/h3-10,16H,11H2,1-2H3,(H,20,22). The van der Waals surface area contributed by atoms with Crippen molar-refractivity contribution >= 4 is 21.6 Å². The summed E-state index contributed by atoms with van der Waals surface area (Å²) in [4.78, 5) is 13.1. The van der Waals surface area contributed by atoms with E-state index in [4.69, 9.17) is 4.74 Å². The molecule has 0 saturated carbocycles. The number of hydrogen-bond acceptors (Lipinski definition) is 4. The van der Waals surface area contributed by atoms with Gasteiger partial charge >= 0.3 is 11.8 Å². The number of alkyl halides is 2. The van der Waals surface area contributed by atoms with E-state index in [-0.39, 0.29) is 0 Å². The van der Waals surface area contributed by atoms with Gasteiger partial charge in [-0.2, -0.15) is 8.78 Å². The van der Waals surface area contributed by atoms with Gasteiger partial charge in [0.25, 0.3) is 0 Å². The molecule has 0 aliphatic rings. The summed E-state index contributed by atoms with van der Waals surface area (Å²) in [5, 5.41) is 2.57. The molecule has 2 aromatic rings. The summed E-state index contributed by atoms with van der Waals surface area (Å²) in [6.45, 7) is 0.341. The predicted octanol–water partition coefficient (Wildman–Crippen LogP) is 3.36. The topological polar surface area (TPSA) is 75.7 Å². The van der Waals surface area contributed by atoms with E-state index in [1.54, 1.807) is 26.3 Å². The molecule has 0 aliphatic carbocycles. The zero-order chi connectivity index (χ0) is 19.3. The number of amides is 2. The van der Waals surface area contributed by atoms with Crippen molar-refractivity contribution < 1.29 is 26.7 Å². The Morgan fingerprint density at radius 3 is 2.19 bits per heavy atom. The SMILES string of the molecule is COc1ccc(CN(C)C(=O)Nc2ccc(S(=O)(=O)C(F)F)cc2)cc1. The highest BCUT2D eigenvalue weighted by molar-refractivity contribution is 7.91. The van der Waals surface area contributed by atoms with Crippen LogP contribution in [0.1, 0.15) is 5.56 Å². The Balaban J connectivity index is 2.00. The summed E-state index contributed by atoms with van der Waals surface area (Å²) in [5.74, 6) is -2.78. The number of urea groups is 1. The minimum absolute atomic E-state index is 0.296. The first-order valence-corrected chi connectivity index (χ1v) is 9.06. The predicted molar refractivity (Wildman–Crippen MR) is 93.1 cm³/mol. The third-order valence-corrected chi connectivity index (χ3v) is 4.99. The minimum atomic E-state index is -4.65. The van der Waals surface area contributed by atoms with Gasteiger partial charge in [-0.25, -0.2) is 13.2 Å². The number of benzene rings is 2. The van der Waals surface area contributed by atoms with E-state index >= 15 is 0 Å². The maximum Gasteiger partial charge on any atom is 0.341 e. The van der Waals surface area contributed by atoms with E-state index in [1.807, 2.05) is 12.1 Å². The average molecular weight is 384 g/mol. The molecule has 1 N–H and O–H groups in total. The number of rotatable bonds is 6.